The smallest absolute Gasteiger partial charge is 0.269 e. The summed E-state index contributed by atoms with van der Waals surface area (Å²) in [7, 11) is 0. The standard InChI is InChI=1S/C11H16N4O2/c16-11-10-9(7-13-15(10)2-1-12-11)8-14-3-5-17-6-4-14/h7H,1-6,8H2,(H,12,16). The van der Waals surface area contributed by atoms with Crippen LogP contribution in [0.2, 0.25) is 0 Å². The van der Waals surface area contributed by atoms with Gasteiger partial charge in [0.1, 0.15) is 5.69 Å². The molecule has 0 aromatic carbocycles. The molecule has 6 heteroatoms. The zero-order chi connectivity index (χ0) is 11.7. The van der Waals surface area contributed by atoms with Gasteiger partial charge in [-0.1, -0.05) is 0 Å². The van der Waals surface area contributed by atoms with E-state index in [-0.39, 0.29) is 5.91 Å². The van der Waals surface area contributed by atoms with Gasteiger partial charge in [-0.05, 0) is 0 Å². The lowest BCUT2D eigenvalue weighted by molar-refractivity contribution is 0.0340. The molecule has 0 radical (unpaired) electrons. The lowest BCUT2D eigenvalue weighted by Crippen LogP contribution is -2.38. The van der Waals surface area contributed by atoms with Crippen LogP contribution in [0.25, 0.3) is 0 Å². The molecule has 2 aliphatic heterocycles. The Balaban J connectivity index is 1.78. The molecule has 0 saturated carbocycles. The quantitative estimate of drug-likeness (QED) is 0.749. The summed E-state index contributed by atoms with van der Waals surface area (Å²) in [6, 6.07) is 0. The first kappa shape index (κ1) is 10.7. The van der Waals surface area contributed by atoms with Crippen LogP contribution < -0.4 is 5.32 Å². The summed E-state index contributed by atoms with van der Waals surface area (Å²) < 4.78 is 7.11. The minimum Gasteiger partial charge on any atom is -0.379 e. The number of amides is 1. The Morgan fingerprint density at radius 1 is 1.35 bits per heavy atom. The average molecular weight is 236 g/mol. The van der Waals surface area contributed by atoms with Gasteiger partial charge in [0.15, 0.2) is 0 Å². The largest absolute Gasteiger partial charge is 0.379 e. The number of carbonyl (C=O) groups excluding carboxylic acids is 1. The minimum absolute atomic E-state index is 0.00277. The van der Waals surface area contributed by atoms with Crippen LogP contribution in [0, 0.1) is 0 Å². The third kappa shape index (κ3) is 2.05. The van der Waals surface area contributed by atoms with Gasteiger partial charge in [0.2, 0.25) is 0 Å². The van der Waals surface area contributed by atoms with Gasteiger partial charge >= 0.3 is 0 Å². The summed E-state index contributed by atoms with van der Waals surface area (Å²) in [4.78, 5) is 14.1. The summed E-state index contributed by atoms with van der Waals surface area (Å²) >= 11 is 0. The Hall–Kier alpha value is -1.40. The molecule has 0 spiro atoms. The van der Waals surface area contributed by atoms with E-state index in [1.807, 2.05) is 6.20 Å². The predicted octanol–water partition coefficient (Wildman–Crippen LogP) is -0.541. The minimum atomic E-state index is -0.00277. The van der Waals surface area contributed by atoms with Crippen molar-refractivity contribution < 1.29 is 9.53 Å². The van der Waals surface area contributed by atoms with Crippen molar-refractivity contribution in [3.8, 4) is 0 Å². The van der Waals surface area contributed by atoms with Crippen LogP contribution in [0.5, 0.6) is 0 Å². The third-order valence-electron chi connectivity index (χ3n) is 3.24. The molecule has 0 unspecified atom stereocenters. The molecule has 17 heavy (non-hydrogen) atoms. The van der Waals surface area contributed by atoms with E-state index < -0.39 is 0 Å². The van der Waals surface area contributed by atoms with E-state index in [0.717, 1.165) is 50.7 Å². The van der Waals surface area contributed by atoms with E-state index in [1.54, 1.807) is 4.68 Å². The van der Waals surface area contributed by atoms with E-state index in [2.05, 4.69) is 15.3 Å². The second-order valence-electron chi connectivity index (χ2n) is 4.39. The number of fused-ring (bicyclic) bond motifs is 1. The monoisotopic (exact) mass is 236 g/mol. The number of morpholine rings is 1. The highest BCUT2D eigenvalue weighted by Crippen LogP contribution is 2.14. The van der Waals surface area contributed by atoms with Crippen LogP contribution in [-0.2, 0) is 17.8 Å². The summed E-state index contributed by atoms with van der Waals surface area (Å²) in [5, 5.41) is 7.13. The highest BCUT2D eigenvalue weighted by atomic mass is 16.5. The zero-order valence-corrected chi connectivity index (χ0v) is 9.69. The number of rotatable bonds is 2. The van der Waals surface area contributed by atoms with Gasteiger partial charge in [0, 0.05) is 31.7 Å². The molecule has 3 rings (SSSR count). The maximum Gasteiger partial charge on any atom is 0.269 e. The maximum absolute atomic E-state index is 11.8. The Morgan fingerprint density at radius 2 is 2.18 bits per heavy atom. The van der Waals surface area contributed by atoms with Crippen molar-refractivity contribution >= 4 is 5.91 Å². The highest BCUT2D eigenvalue weighted by molar-refractivity contribution is 5.94. The van der Waals surface area contributed by atoms with Crippen LogP contribution in [0.3, 0.4) is 0 Å². The van der Waals surface area contributed by atoms with Gasteiger partial charge in [-0.15, -0.1) is 0 Å². The Bertz CT molecular complexity index is 423. The normalized spacial score (nSPS) is 21.1. The average Bonchev–Trinajstić information content (AvgIpc) is 2.75. The van der Waals surface area contributed by atoms with Crippen molar-refractivity contribution in [3.05, 3.63) is 17.5 Å². The fourth-order valence-corrected chi connectivity index (χ4v) is 2.33. The van der Waals surface area contributed by atoms with E-state index in [0.29, 0.717) is 6.54 Å². The Labute approximate surface area is 99.5 Å². The maximum atomic E-state index is 11.8. The number of nitrogens with one attached hydrogen (secondary N) is 1. The van der Waals surface area contributed by atoms with Crippen LogP contribution in [0.1, 0.15) is 16.1 Å². The van der Waals surface area contributed by atoms with Crippen LogP contribution >= 0.6 is 0 Å². The summed E-state index contributed by atoms with van der Waals surface area (Å²) in [5.74, 6) is -0.00277. The van der Waals surface area contributed by atoms with E-state index in [4.69, 9.17) is 4.74 Å². The molecule has 0 bridgehead atoms. The van der Waals surface area contributed by atoms with Crippen molar-refractivity contribution in [2.45, 2.75) is 13.1 Å². The van der Waals surface area contributed by atoms with Crippen molar-refractivity contribution in [3.63, 3.8) is 0 Å². The highest BCUT2D eigenvalue weighted by Gasteiger charge is 2.23. The second-order valence-corrected chi connectivity index (χ2v) is 4.39. The van der Waals surface area contributed by atoms with Crippen molar-refractivity contribution in [2.75, 3.05) is 32.8 Å². The molecule has 1 saturated heterocycles. The molecule has 1 fully saturated rings. The molecule has 6 nitrogen and oxygen atoms in total. The van der Waals surface area contributed by atoms with E-state index in [9.17, 15) is 4.79 Å². The number of hydrogen-bond donors (Lipinski definition) is 1. The summed E-state index contributed by atoms with van der Waals surface area (Å²) in [6.45, 7) is 5.62. The van der Waals surface area contributed by atoms with Gasteiger partial charge in [0.25, 0.3) is 5.91 Å². The lowest BCUT2D eigenvalue weighted by atomic mass is 10.2. The molecule has 0 aliphatic carbocycles. The van der Waals surface area contributed by atoms with Crippen LogP contribution in [0.4, 0.5) is 0 Å². The van der Waals surface area contributed by atoms with Crippen molar-refractivity contribution in [2.24, 2.45) is 0 Å². The number of hydrogen-bond acceptors (Lipinski definition) is 4. The first-order valence-corrected chi connectivity index (χ1v) is 5.97. The molecule has 1 aromatic rings. The number of ether oxygens (including phenoxy) is 1. The van der Waals surface area contributed by atoms with Crippen molar-refractivity contribution in [1.29, 1.82) is 0 Å². The zero-order valence-electron chi connectivity index (χ0n) is 9.69. The first-order chi connectivity index (χ1) is 8.34. The molecule has 0 atom stereocenters. The first-order valence-electron chi connectivity index (χ1n) is 5.97. The third-order valence-corrected chi connectivity index (χ3v) is 3.24. The molecule has 1 amide bonds. The van der Waals surface area contributed by atoms with Crippen LogP contribution in [-0.4, -0.2) is 53.4 Å². The molecule has 2 aliphatic rings. The Kier molecular flexibility index (Phi) is 2.82. The van der Waals surface area contributed by atoms with Gasteiger partial charge < -0.3 is 10.1 Å². The van der Waals surface area contributed by atoms with Gasteiger partial charge in [0.05, 0.1) is 26.0 Å². The fourth-order valence-electron chi connectivity index (χ4n) is 2.33. The fraction of sp³-hybridized carbons (Fsp3) is 0.636. The number of nitrogens with zero attached hydrogens (tertiary/aromatic N) is 3. The Morgan fingerprint density at radius 3 is 3.00 bits per heavy atom. The van der Waals surface area contributed by atoms with Gasteiger partial charge in [-0.25, -0.2) is 0 Å². The van der Waals surface area contributed by atoms with Crippen LogP contribution in [0.15, 0.2) is 6.20 Å². The second kappa shape index (κ2) is 4.46. The molecule has 3 heterocycles. The number of aromatic nitrogens is 2. The molecule has 92 valence electrons. The SMILES string of the molecule is O=C1NCCn2ncc(CN3CCOCC3)c21. The number of carbonyl (C=O) groups is 1. The molecule has 1 N–H and O–H groups in total. The molecule has 1 aromatic heterocycles. The van der Waals surface area contributed by atoms with Crippen molar-refractivity contribution in [1.82, 2.24) is 20.0 Å². The van der Waals surface area contributed by atoms with Gasteiger partial charge in [-0.2, -0.15) is 5.10 Å². The van der Waals surface area contributed by atoms with E-state index in [1.165, 1.54) is 0 Å². The lowest BCUT2D eigenvalue weighted by Gasteiger charge is -2.26. The van der Waals surface area contributed by atoms with Gasteiger partial charge in [-0.3, -0.25) is 14.4 Å². The topological polar surface area (TPSA) is 59.4 Å². The summed E-state index contributed by atoms with van der Waals surface area (Å²) in [6.07, 6.45) is 1.82. The molecular weight excluding hydrogens is 220 g/mol. The summed E-state index contributed by atoms with van der Waals surface area (Å²) in [5.41, 5.74) is 1.74. The van der Waals surface area contributed by atoms with E-state index >= 15 is 0 Å². The molecular formula is C11H16N4O2. The predicted molar refractivity (Wildman–Crippen MR) is 60.7 cm³/mol.